The van der Waals surface area contributed by atoms with Gasteiger partial charge >= 0.3 is 12.1 Å². The van der Waals surface area contributed by atoms with Gasteiger partial charge in [0.2, 0.25) is 53.2 Å². The topological polar surface area (TPSA) is 396 Å². The van der Waals surface area contributed by atoms with Crippen LogP contribution >= 0.6 is 0 Å². The third kappa shape index (κ3) is 30.9. The molecule has 2 heterocycles. The Balaban J connectivity index is 0.901. The monoisotopic (exact) mass is 1660 g/mol. The molecule has 0 unspecified atom stereocenters. The number of amides is 12. The quantitative estimate of drug-likeness (QED) is 0.0160. The predicted octanol–water partition coefficient (Wildman–Crippen LogP) is 6.89. The molecule has 31 nitrogen and oxygen atoms in total. The number of aliphatic hydroxyl groups is 1. The van der Waals surface area contributed by atoms with E-state index in [1.165, 1.54) is 26.2 Å². The van der Waals surface area contributed by atoms with Gasteiger partial charge in [-0.05, 0) is 103 Å². The van der Waals surface area contributed by atoms with Crippen LogP contribution in [-0.4, -0.2) is 240 Å². The van der Waals surface area contributed by atoms with Gasteiger partial charge in [-0.1, -0.05) is 153 Å². The fraction of sp³-hybridized carbons (Fsp3) is 0.580. The minimum absolute atomic E-state index is 0.0219. The second-order valence-corrected chi connectivity index (χ2v) is 31.3. The van der Waals surface area contributed by atoms with Crippen molar-refractivity contribution >= 4 is 76.7 Å². The lowest BCUT2D eigenvalue weighted by molar-refractivity contribution is -0.148. The number of likely N-dealkylation sites (N-methyl/N-ethyl adjacent to an activating group) is 2. The summed E-state index contributed by atoms with van der Waals surface area (Å²) in [6.45, 7) is 20.8. The van der Waals surface area contributed by atoms with Crippen LogP contribution in [0.5, 0.6) is 0 Å². The van der Waals surface area contributed by atoms with E-state index in [4.69, 9.17) is 38.9 Å². The summed E-state index contributed by atoms with van der Waals surface area (Å²) in [6.07, 6.45) is -1.18. The van der Waals surface area contributed by atoms with E-state index >= 15 is 0 Å². The Bertz CT molecular complexity index is 3990. The molecule has 31 heteroatoms. The van der Waals surface area contributed by atoms with E-state index < -0.39 is 126 Å². The fourth-order valence-electron chi connectivity index (χ4n) is 14.5. The average molecular weight is 1660 g/mol. The Morgan fingerprint density at radius 1 is 0.597 bits per heavy atom. The molecule has 0 aliphatic carbocycles. The first-order chi connectivity index (χ1) is 56.9. The molecule has 654 valence electrons. The molecule has 2 aliphatic heterocycles. The van der Waals surface area contributed by atoms with E-state index in [-0.39, 0.29) is 127 Å². The van der Waals surface area contributed by atoms with Crippen LogP contribution < -0.4 is 47.9 Å². The molecular formula is C88H128N12O19. The van der Waals surface area contributed by atoms with Crippen LogP contribution in [0.3, 0.4) is 0 Å². The van der Waals surface area contributed by atoms with Crippen LogP contribution in [0, 0.1) is 41.4 Å². The van der Waals surface area contributed by atoms with Crippen LogP contribution in [0.1, 0.15) is 161 Å². The summed E-state index contributed by atoms with van der Waals surface area (Å²) >= 11 is 0. The second-order valence-electron chi connectivity index (χ2n) is 31.3. The molecule has 0 spiro atoms. The van der Waals surface area contributed by atoms with Crippen molar-refractivity contribution in [3.8, 4) is 11.8 Å². The number of carbonyl (C=O) groups is 11. The highest BCUT2D eigenvalue weighted by Crippen LogP contribution is 2.32. The number of nitrogens with zero attached hydrogens (tertiary/aromatic N) is 4. The van der Waals surface area contributed by atoms with Gasteiger partial charge in [-0.25, -0.2) is 9.59 Å². The Kier molecular flexibility index (Phi) is 41.7. The number of hydrogen-bond donors (Lipinski definition) is 9. The number of ether oxygens (including phenoxy) is 7. The van der Waals surface area contributed by atoms with Gasteiger partial charge in [0.15, 0.2) is 0 Å². The number of urea groups is 1. The minimum atomic E-state index is -1.14. The number of likely N-dealkylation sites (tertiary alicyclic amines) is 1. The van der Waals surface area contributed by atoms with Gasteiger partial charge in [0.25, 0.3) is 0 Å². The van der Waals surface area contributed by atoms with Crippen LogP contribution in [-0.2, 0) is 89.5 Å². The molecule has 6 rings (SSSR count). The standard InChI is InChI=1S/C88H128N12O19/c1-15-59(8)79(71(113-13)53-75(104)99-44-24-32-70(99)81(114-14)60(9)82(106)92-61(10)80(105)65-27-17-16-18-28-65)97(11)86(110)77(57(4)5)96-85(109)78(58(6)7)98(12)88(112)119-55-62-33-37-67(38-34-62)93-83(107)68(30-23-42-91-87(89)111)94-84(108)76(56(2)3)95-73(102)41-45-115-47-49-117-51-52-118-50-48-116-46-43-90-72(101)39-40-74(103)100-54-66-29-20-19-25-63(66)35-36-64-26-21-22-31-69(64)100/h16-22,25-29,31,33-34,37-38,56-61,68,70-71,76-81,105H,15,23-24,30,32,39-55H2,1-14H3,(H,90,101)(H,92,106)(H,93,107)(H,94,108)(H,95,102)(H,96,109)(H3,89,91,111)/t59-,60+,61+,68-,70-,71+,76-,77-,78-,79-,80+,81+/m0/s1. The highest BCUT2D eigenvalue weighted by atomic mass is 16.6. The summed E-state index contributed by atoms with van der Waals surface area (Å²) < 4.78 is 40.2. The van der Waals surface area contributed by atoms with Crippen molar-refractivity contribution in [2.75, 3.05) is 111 Å². The third-order valence-electron chi connectivity index (χ3n) is 21.4. The fourth-order valence-corrected chi connectivity index (χ4v) is 14.5. The Morgan fingerprint density at radius 2 is 1.21 bits per heavy atom. The molecule has 0 bridgehead atoms. The number of nitrogens with one attached hydrogen (secondary N) is 7. The lowest BCUT2D eigenvalue weighted by atomic mass is 9.89. The summed E-state index contributed by atoms with van der Waals surface area (Å²) in [6, 6.07) is 23.8. The van der Waals surface area contributed by atoms with Crippen molar-refractivity contribution in [1.29, 1.82) is 0 Å². The number of anilines is 2. The number of fused-ring (bicyclic) bond motifs is 2. The first-order valence-electron chi connectivity index (χ1n) is 41.4. The smallest absolute Gasteiger partial charge is 0.410 e. The predicted molar refractivity (Wildman–Crippen MR) is 449 cm³/mol. The van der Waals surface area contributed by atoms with Crippen LogP contribution in [0.15, 0.2) is 103 Å². The van der Waals surface area contributed by atoms with Gasteiger partial charge in [0.1, 0.15) is 30.8 Å². The number of para-hydroxylation sites is 1. The molecule has 1 fully saturated rings. The van der Waals surface area contributed by atoms with Gasteiger partial charge in [-0.15, -0.1) is 0 Å². The van der Waals surface area contributed by atoms with Crippen molar-refractivity contribution in [2.45, 2.75) is 201 Å². The van der Waals surface area contributed by atoms with Gasteiger partial charge in [0.05, 0.1) is 114 Å². The normalized spacial score (nSPS) is 15.8. The number of nitrogens with two attached hydrogens (primary N) is 1. The zero-order valence-electron chi connectivity index (χ0n) is 71.7. The molecule has 10 N–H and O–H groups in total. The van der Waals surface area contributed by atoms with Crippen molar-refractivity contribution in [2.24, 2.45) is 35.3 Å². The molecule has 0 aromatic heterocycles. The van der Waals surface area contributed by atoms with Gasteiger partial charge < -0.3 is 95.9 Å². The van der Waals surface area contributed by atoms with E-state index in [2.05, 4.69) is 49.1 Å². The molecule has 0 radical (unpaired) electrons. The van der Waals surface area contributed by atoms with E-state index in [0.717, 1.165) is 16.7 Å². The summed E-state index contributed by atoms with van der Waals surface area (Å²) in [5.74, 6) is 0.491. The van der Waals surface area contributed by atoms with Crippen molar-refractivity contribution in [3.05, 3.63) is 131 Å². The lowest BCUT2D eigenvalue weighted by Crippen LogP contribution is -2.60. The van der Waals surface area contributed by atoms with E-state index in [1.807, 2.05) is 80.6 Å². The number of methoxy groups -OCH3 is 2. The molecule has 4 aromatic carbocycles. The van der Waals surface area contributed by atoms with Crippen molar-refractivity contribution in [3.63, 3.8) is 0 Å². The zero-order valence-corrected chi connectivity index (χ0v) is 71.7. The maximum absolute atomic E-state index is 14.9. The summed E-state index contributed by atoms with van der Waals surface area (Å²) in [4.78, 5) is 156. The minimum Gasteiger partial charge on any atom is -0.445 e. The Hall–Kier alpha value is -10.1. The van der Waals surface area contributed by atoms with E-state index in [0.29, 0.717) is 68.1 Å². The molecule has 1 saturated heterocycles. The number of benzene rings is 4. The SMILES string of the molecule is CC[C@H](C)[C@@H]([C@@H](CC(=O)N1CCC[C@H]1[C@H](OC)[C@@H](C)C(=O)N[C@H](C)[C@@H](O)c1ccccc1)OC)N(C)C(=O)[C@@H](NC(=O)[C@H](C(C)C)N(C)C(=O)OCc1ccc(NC(=O)[C@H](CCCNC(N)=O)NC(=O)[C@@H](NC(=O)CCOCCOCCOCCOCCNC(=O)CCC(=O)N2Cc3ccccc3C#Cc3ccccc32)C(C)C)cc1)C(C)C. The van der Waals surface area contributed by atoms with Crippen LogP contribution in [0.25, 0.3) is 0 Å². The highest BCUT2D eigenvalue weighted by molar-refractivity contribution is 5.99. The van der Waals surface area contributed by atoms with Gasteiger partial charge in [0, 0.05) is 84.0 Å². The summed E-state index contributed by atoms with van der Waals surface area (Å²) in [5, 5.41) is 30.5. The van der Waals surface area contributed by atoms with Gasteiger partial charge in [-0.2, -0.15) is 0 Å². The maximum Gasteiger partial charge on any atom is 0.410 e. The molecule has 119 heavy (non-hydrogen) atoms. The molecule has 4 aromatic rings. The molecular weight excluding hydrogens is 1530 g/mol. The van der Waals surface area contributed by atoms with Crippen LogP contribution in [0.4, 0.5) is 21.0 Å². The Labute approximate surface area is 701 Å². The van der Waals surface area contributed by atoms with Crippen LogP contribution in [0.2, 0.25) is 0 Å². The first kappa shape index (κ1) is 97.8. The number of carbonyl (C=O) groups excluding carboxylic acids is 11. The van der Waals surface area contributed by atoms with E-state index in [9.17, 15) is 57.8 Å². The third-order valence-corrected chi connectivity index (χ3v) is 21.4. The zero-order chi connectivity index (χ0) is 87.3. The molecule has 2 aliphatic rings. The first-order valence-corrected chi connectivity index (χ1v) is 41.4. The highest BCUT2D eigenvalue weighted by Gasteiger charge is 2.44. The molecule has 12 amide bonds. The number of primary amides is 1. The Morgan fingerprint density at radius 3 is 1.83 bits per heavy atom. The second kappa shape index (κ2) is 50.8. The molecule has 0 saturated carbocycles. The van der Waals surface area contributed by atoms with Crippen molar-refractivity contribution < 1.29 is 91.0 Å². The summed E-state index contributed by atoms with van der Waals surface area (Å²) in [7, 11) is 6.08. The number of aliphatic hydroxyl groups excluding tert-OH is 1. The number of hydrogen-bond acceptors (Lipinski definition) is 19. The molecule has 12 atom stereocenters. The summed E-state index contributed by atoms with van der Waals surface area (Å²) in [5.41, 5.74) is 10.0. The number of rotatable bonds is 50. The lowest BCUT2D eigenvalue weighted by Gasteiger charge is -2.41. The average Bonchev–Trinajstić information content (AvgIpc) is 1.43. The van der Waals surface area contributed by atoms with Gasteiger partial charge in [-0.3, -0.25) is 48.1 Å². The maximum atomic E-state index is 14.9. The largest absolute Gasteiger partial charge is 0.445 e. The van der Waals surface area contributed by atoms with Crippen molar-refractivity contribution in [1.82, 2.24) is 46.6 Å². The van der Waals surface area contributed by atoms with E-state index in [1.54, 1.807) is 114 Å².